The van der Waals surface area contributed by atoms with Crippen molar-refractivity contribution in [3.63, 3.8) is 0 Å². The number of hydrogen-bond donors (Lipinski definition) is 1. The molecule has 0 bridgehead atoms. The quantitative estimate of drug-likeness (QED) is 0.716. The zero-order valence-corrected chi connectivity index (χ0v) is 12.5. The highest BCUT2D eigenvalue weighted by atomic mass is 15.3. The summed E-state index contributed by atoms with van der Waals surface area (Å²) >= 11 is 0. The van der Waals surface area contributed by atoms with Gasteiger partial charge in [0, 0.05) is 31.7 Å². The Labute approximate surface area is 121 Å². The van der Waals surface area contributed by atoms with Crippen molar-refractivity contribution >= 4 is 0 Å². The van der Waals surface area contributed by atoms with E-state index in [0.717, 1.165) is 44.6 Å². The summed E-state index contributed by atoms with van der Waals surface area (Å²) in [6.07, 6.45) is 9.26. The molecule has 0 aliphatic carbocycles. The normalized spacial score (nSPS) is 11.3. The first-order valence-electron chi connectivity index (χ1n) is 7.55. The van der Waals surface area contributed by atoms with Crippen LogP contribution in [-0.2, 0) is 13.1 Å². The van der Waals surface area contributed by atoms with E-state index in [9.17, 15) is 0 Å². The Balaban J connectivity index is 1.66. The number of hydrogen-bond acceptors (Lipinski definition) is 3. The maximum absolute atomic E-state index is 4.64. The van der Waals surface area contributed by atoms with Gasteiger partial charge in [0.25, 0.3) is 0 Å². The fraction of sp³-hybridized carbons (Fsp3) is 0.600. The van der Waals surface area contributed by atoms with E-state index >= 15 is 0 Å². The van der Waals surface area contributed by atoms with Gasteiger partial charge in [0.05, 0.1) is 11.7 Å². The molecular formula is C15H25N5. The highest BCUT2D eigenvalue weighted by Gasteiger charge is 2.07. The maximum atomic E-state index is 4.64. The molecule has 0 fully saturated rings. The molecule has 0 radical (unpaired) electrons. The van der Waals surface area contributed by atoms with Crippen LogP contribution in [0.5, 0.6) is 0 Å². The third-order valence-corrected chi connectivity index (χ3v) is 3.59. The Hall–Kier alpha value is -1.62. The molecule has 20 heavy (non-hydrogen) atoms. The van der Waals surface area contributed by atoms with Crippen LogP contribution in [0.2, 0.25) is 0 Å². The first-order chi connectivity index (χ1) is 9.83. The molecule has 0 amide bonds. The average Bonchev–Trinajstić information content (AvgIpc) is 3.12. The van der Waals surface area contributed by atoms with E-state index in [1.54, 1.807) is 0 Å². The molecule has 0 aliphatic rings. The Morgan fingerprint density at radius 2 is 2.10 bits per heavy atom. The average molecular weight is 275 g/mol. The van der Waals surface area contributed by atoms with Crippen LogP contribution < -0.4 is 5.32 Å². The van der Waals surface area contributed by atoms with Crippen molar-refractivity contribution < 1.29 is 0 Å². The van der Waals surface area contributed by atoms with Gasteiger partial charge in [-0.15, -0.1) is 0 Å². The smallest absolute Gasteiger partial charge is 0.0762 e. The Bertz CT molecular complexity index is 470. The molecule has 110 valence electrons. The van der Waals surface area contributed by atoms with Crippen LogP contribution in [0.25, 0.3) is 0 Å². The molecule has 5 nitrogen and oxygen atoms in total. The highest BCUT2D eigenvalue weighted by Crippen LogP contribution is 2.14. The first-order valence-corrected chi connectivity index (χ1v) is 7.55. The molecule has 2 heterocycles. The van der Waals surface area contributed by atoms with Crippen LogP contribution in [-0.4, -0.2) is 26.1 Å². The molecule has 2 rings (SSSR count). The summed E-state index contributed by atoms with van der Waals surface area (Å²) in [4.78, 5) is 0. The molecule has 0 saturated carbocycles. The number of aromatic nitrogens is 4. The van der Waals surface area contributed by atoms with Gasteiger partial charge in [-0.3, -0.25) is 9.36 Å². The SMILES string of the molecule is CCC(CC)n1ccc(CNCCCn2cccn2)n1. The van der Waals surface area contributed by atoms with Crippen LogP contribution >= 0.6 is 0 Å². The molecule has 0 aliphatic heterocycles. The third-order valence-electron chi connectivity index (χ3n) is 3.59. The molecule has 2 aromatic heterocycles. The van der Waals surface area contributed by atoms with Gasteiger partial charge in [0.2, 0.25) is 0 Å². The second kappa shape index (κ2) is 7.85. The molecule has 5 heteroatoms. The lowest BCUT2D eigenvalue weighted by Crippen LogP contribution is -2.17. The topological polar surface area (TPSA) is 47.7 Å². The second-order valence-corrected chi connectivity index (χ2v) is 5.06. The summed E-state index contributed by atoms with van der Waals surface area (Å²) in [5.41, 5.74) is 1.12. The van der Waals surface area contributed by atoms with Gasteiger partial charge >= 0.3 is 0 Å². The standard InChI is InChI=1S/C15H25N5/c1-3-15(4-2)20-12-7-14(18-20)13-16-8-5-10-19-11-6-9-17-19/h6-7,9,11-12,15-16H,3-5,8,10,13H2,1-2H3. The van der Waals surface area contributed by atoms with Crippen LogP contribution in [0.15, 0.2) is 30.7 Å². The van der Waals surface area contributed by atoms with Gasteiger partial charge < -0.3 is 5.32 Å². The van der Waals surface area contributed by atoms with Gasteiger partial charge in [-0.05, 0) is 37.9 Å². The van der Waals surface area contributed by atoms with E-state index in [2.05, 4.69) is 46.3 Å². The summed E-state index contributed by atoms with van der Waals surface area (Å²) < 4.78 is 4.06. The van der Waals surface area contributed by atoms with Gasteiger partial charge in [-0.1, -0.05) is 13.8 Å². The van der Waals surface area contributed by atoms with Crippen LogP contribution in [0.3, 0.4) is 0 Å². The predicted octanol–water partition coefficient (Wildman–Crippen LogP) is 2.62. The highest BCUT2D eigenvalue weighted by molar-refractivity contribution is 4.99. The fourth-order valence-electron chi connectivity index (χ4n) is 2.35. The Morgan fingerprint density at radius 3 is 2.80 bits per heavy atom. The number of aryl methyl sites for hydroxylation is 1. The zero-order valence-electron chi connectivity index (χ0n) is 12.5. The lowest BCUT2D eigenvalue weighted by molar-refractivity contribution is 0.424. The van der Waals surface area contributed by atoms with Crippen molar-refractivity contribution in [1.29, 1.82) is 0 Å². The summed E-state index contributed by atoms with van der Waals surface area (Å²) in [6.45, 7) is 7.21. The molecule has 2 aromatic rings. The molecular weight excluding hydrogens is 250 g/mol. The molecule has 1 N–H and O–H groups in total. The van der Waals surface area contributed by atoms with E-state index in [0.29, 0.717) is 6.04 Å². The minimum absolute atomic E-state index is 0.531. The molecule has 0 spiro atoms. The van der Waals surface area contributed by atoms with E-state index in [1.807, 2.05) is 23.1 Å². The largest absolute Gasteiger partial charge is 0.311 e. The Kier molecular flexibility index (Phi) is 5.80. The zero-order chi connectivity index (χ0) is 14.2. The maximum Gasteiger partial charge on any atom is 0.0762 e. The van der Waals surface area contributed by atoms with Gasteiger partial charge in [-0.2, -0.15) is 10.2 Å². The second-order valence-electron chi connectivity index (χ2n) is 5.06. The minimum Gasteiger partial charge on any atom is -0.311 e. The van der Waals surface area contributed by atoms with Crippen LogP contribution in [0.4, 0.5) is 0 Å². The van der Waals surface area contributed by atoms with Gasteiger partial charge in [0.15, 0.2) is 0 Å². The molecule has 0 saturated heterocycles. The monoisotopic (exact) mass is 275 g/mol. The number of nitrogens with zero attached hydrogens (tertiary/aromatic N) is 4. The summed E-state index contributed by atoms with van der Waals surface area (Å²) in [5.74, 6) is 0. The fourth-order valence-corrected chi connectivity index (χ4v) is 2.35. The van der Waals surface area contributed by atoms with Crippen LogP contribution in [0.1, 0.15) is 44.8 Å². The van der Waals surface area contributed by atoms with E-state index in [-0.39, 0.29) is 0 Å². The number of rotatable bonds is 9. The minimum atomic E-state index is 0.531. The van der Waals surface area contributed by atoms with Crippen LogP contribution in [0, 0.1) is 0 Å². The first kappa shape index (κ1) is 14.8. The molecule has 0 aromatic carbocycles. The van der Waals surface area contributed by atoms with Crippen molar-refractivity contribution in [2.24, 2.45) is 0 Å². The Morgan fingerprint density at radius 1 is 1.25 bits per heavy atom. The van der Waals surface area contributed by atoms with E-state index in [4.69, 9.17) is 0 Å². The van der Waals surface area contributed by atoms with Crippen molar-refractivity contribution in [2.45, 2.75) is 52.2 Å². The predicted molar refractivity (Wildman–Crippen MR) is 80.4 cm³/mol. The van der Waals surface area contributed by atoms with Crippen molar-refractivity contribution in [3.05, 3.63) is 36.4 Å². The van der Waals surface area contributed by atoms with Gasteiger partial charge in [0.1, 0.15) is 0 Å². The lowest BCUT2D eigenvalue weighted by atomic mass is 10.2. The lowest BCUT2D eigenvalue weighted by Gasteiger charge is -2.12. The van der Waals surface area contributed by atoms with Crippen molar-refractivity contribution in [1.82, 2.24) is 24.9 Å². The number of nitrogens with one attached hydrogen (secondary N) is 1. The third kappa shape index (κ3) is 4.20. The summed E-state index contributed by atoms with van der Waals surface area (Å²) in [7, 11) is 0. The van der Waals surface area contributed by atoms with Crippen molar-refractivity contribution in [2.75, 3.05) is 6.54 Å². The summed E-state index contributed by atoms with van der Waals surface area (Å²) in [6, 6.07) is 4.60. The van der Waals surface area contributed by atoms with Gasteiger partial charge in [-0.25, -0.2) is 0 Å². The summed E-state index contributed by atoms with van der Waals surface area (Å²) in [5, 5.41) is 12.3. The molecule has 0 atom stereocenters. The molecule has 0 unspecified atom stereocenters. The van der Waals surface area contributed by atoms with E-state index in [1.165, 1.54) is 0 Å². The van der Waals surface area contributed by atoms with E-state index < -0.39 is 0 Å². The van der Waals surface area contributed by atoms with Crippen molar-refractivity contribution in [3.8, 4) is 0 Å².